The number of pyridine rings is 1. The van der Waals surface area contributed by atoms with E-state index in [1.54, 1.807) is 6.20 Å². The van der Waals surface area contributed by atoms with Crippen LogP contribution in [0.4, 0.5) is 0 Å². The molecule has 2 aromatic heterocycles. The third-order valence-corrected chi connectivity index (χ3v) is 2.24. The van der Waals surface area contributed by atoms with Crippen molar-refractivity contribution in [2.24, 2.45) is 0 Å². The highest BCUT2D eigenvalue weighted by atomic mass is 35.5. The monoisotopic (exact) mass is 210 g/mol. The Morgan fingerprint density at radius 3 is 3.00 bits per heavy atom. The molecule has 0 spiro atoms. The minimum absolute atomic E-state index is 0.102. The van der Waals surface area contributed by atoms with E-state index in [0.29, 0.717) is 10.8 Å². The minimum atomic E-state index is 0.102. The molecule has 0 bridgehead atoms. The van der Waals surface area contributed by atoms with Gasteiger partial charge in [-0.05, 0) is 19.9 Å². The highest BCUT2D eigenvalue weighted by Crippen LogP contribution is 2.31. The predicted octanol–water partition coefficient (Wildman–Crippen LogP) is 3.00. The molecule has 0 aliphatic heterocycles. The predicted molar refractivity (Wildman–Crippen MR) is 56.9 cm³/mol. The molecule has 0 saturated carbocycles. The molecule has 2 rings (SSSR count). The highest BCUT2D eigenvalue weighted by molar-refractivity contribution is 6.36. The van der Waals surface area contributed by atoms with E-state index in [4.69, 9.17) is 16.3 Å². The van der Waals surface area contributed by atoms with Gasteiger partial charge in [0, 0.05) is 11.6 Å². The first-order valence-electron chi connectivity index (χ1n) is 4.46. The van der Waals surface area contributed by atoms with Gasteiger partial charge in [0.2, 0.25) is 0 Å². The van der Waals surface area contributed by atoms with Crippen molar-refractivity contribution in [3.8, 4) is 5.75 Å². The van der Waals surface area contributed by atoms with Gasteiger partial charge in [-0.15, -0.1) is 0 Å². The molecule has 0 aliphatic rings. The van der Waals surface area contributed by atoms with Crippen molar-refractivity contribution in [3.05, 3.63) is 23.5 Å². The number of H-pyrrole nitrogens is 1. The van der Waals surface area contributed by atoms with Crippen molar-refractivity contribution in [1.82, 2.24) is 9.97 Å². The Kier molecular flexibility index (Phi) is 2.33. The van der Waals surface area contributed by atoms with E-state index in [1.807, 2.05) is 26.1 Å². The number of hydrogen-bond acceptors (Lipinski definition) is 2. The van der Waals surface area contributed by atoms with Gasteiger partial charge in [0.15, 0.2) is 5.75 Å². The summed E-state index contributed by atoms with van der Waals surface area (Å²) in [7, 11) is 0. The SMILES string of the molecule is CC(C)Oc1cnc2[nH]ccc2c1Cl. The fourth-order valence-corrected chi connectivity index (χ4v) is 1.54. The van der Waals surface area contributed by atoms with E-state index in [-0.39, 0.29) is 6.10 Å². The second-order valence-corrected chi connectivity index (χ2v) is 3.72. The standard InChI is InChI=1S/C10H11ClN2O/c1-6(2)14-8-5-13-10-7(9(8)11)3-4-12-10/h3-6H,1-2H3,(H,12,13). The molecule has 0 aromatic carbocycles. The molecule has 4 heteroatoms. The average Bonchev–Trinajstić information content (AvgIpc) is 2.57. The molecule has 0 radical (unpaired) electrons. The maximum atomic E-state index is 6.14. The third-order valence-electron chi connectivity index (χ3n) is 1.85. The summed E-state index contributed by atoms with van der Waals surface area (Å²) >= 11 is 6.14. The summed E-state index contributed by atoms with van der Waals surface area (Å²) in [5.41, 5.74) is 0.783. The molecule has 14 heavy (non-hydrogen) atoms. The Morgan fingerprint density at radius 1 is 1.50 bits per heavy atom. The van der Waals surface area contributed by atoms with E-state index in [9.17, 15) is 0 Å². The normalized spacial score (nSPS) is 11.1. The van der Waals surface area contributed by atoms with E-state index in [2.05, 4.69) is 9.97 Å². The van der Waals surface area contributed by atoms with E-state index < -0.39 is 0 Å². The van der Waals surface area contributed by atoms with Crippen LogP contribution in [-0.2, 0) is 0 Å². The van der Waals surface area contributed by atoms with Crippen molar-refractivity contribution in [2.45, 2.75) is 20.0 Å². The number of ether oxygens (including phenoxy) is 1. The smallest absolute Gasteiger partial charge is 0.157 e. The van der Waals surface area contributed by atoms with Gasteiger partial charge < -0.3 is 9.72 Å². The summed E-state index contributed by atoms with van der Waals surface area (Å²) in [6.45, 7) is 3.91. The number of aromatic amines is 1. The zero-order chi connectivity index (χ0) is 10.1. The van der Waals surface area contributed by atoms with Crippen molar-refractivity contribution < 1.29 is 4.74 Å². The van der Waals surface area contributed by atoms with Crippen LogP contribution in [-0.4, -0.2) is 16.1 Å². The van der Waals surface area contributed by atoms with Gasteiger partial charge in [0.05, 0.1) is 17.3 Å². The van der Waals surface area contributed by atoms with Gasteiger partial charge in [-0.25, -0.2) is 4.98 Å². The summed E-state index contributed by atoms with van der Waals surface area (Å²) < 4.78 is 5.51. The number of fused-ring (bicyclic) bond motifs is 1. The van der Waals surface area contributed by atoms with Gasteiger partial charge >= 0.3 is 0 Å². The lowest BCUT2D eigenvalue weighted by atomic mass is 10.3. The van der Waals surface area contributed by atoms with Gasteiger partial charge in [-0.1, -0.05) is 11.6 Å². The molecule has 0 saturated heterocycles. The maximum Gasteiger partial charge on any atom is 0.157 e. The number of halogens is 1. The van der Waals surface area contributed by atoms with Crippen molar-refractivity contribution in [1.29, 1.82) is 0 Å². The molecular weight excluding hydrogens is 200 g/mol. The second-order valence-electron chi connectivity index (χ2n) is 3.34. The summed E-state index contributed by atoms with van der Waals surface area (Å²) in [6.07, 6.45) is 3.55. The Hall–Kier alpha value is -1.22. The van der Waals surface area contributed by atoms with Crippen LogP contribution in [0.2, 0.25) is 5.02 Å². The van der Waals surface area contributed by atoms with E-state index in [0.717, 1.165) is 11.0 Å². The molecule has 2 heterocycles. The Labute approximate surface area is 87.1 Å². The maximum absolute atomic E-state index is 6.14. The molecule has 0 atom stereocenters. The Bertz CT molecular complexity index is 450. The van der Waals surface area contributed by atoms with Gasteiger partial charge in [-0.3, -0.25) is 0 Å². The third kappa shape index (κ3) is 1.55. The quantitative estimate of drug-likeness (QED) is 0.828. The van der Waals surface area contributed by atoms with Crippen LogP contribution in [0.1, 0.15) is 13.8 Å². The minimum Gasteiger partial charge on any atom is -0.488 e. The molecule has 0 amide bonds. The van der Waals surface area contributed by atoms with Crippen LogP contribution in [0.25, 0.3) is 11.0 Å². The highest BCUT2D eigenvalue weighted by Gasteiger charge is 2.09. The van der Waals surface area contributed by atoms with Gasteiger partial charge in [-0.2, -0.15) is 0 Å². The number of aromatic nitrogens is 2. The van der Waals surface area contributed by atoms with E-state index in [1.165, 1.54) is 0 Å². The summed E-state index contributed by atoms with van der Waals surface area (Å²) in [6, 6.07) is 1.89. The number of nitrogens with zero attached hydrogens (tertiary/aromatic N) is 1. The van der Waals surface area contributed by atoms with Crippen LogP contribution in [0.15, 0.2) is 18.5 Å². The molecule has 0 fully saturated rings. The molecule has 1 N–H and O–H groups in total. The lowest BCUT2D eigenvalue weighted by Gasteiger charge is -2.10. The molecule has 0 aliphatic carbocycles. The fraction of sp³-hybridized carbons (Fsp3) is 0.300. The summed E-state index contributed by atoms with van der Waals surface area (Å²) in [5, 5.41) is 1.51. The average molecular weight is 211 g/mol. The van der Waals surface area contributed by atoms with E-state index >= 15 is 0 Å². The van der Waals surface area contributed by atoms with Gasteiger partial charge in [0.1, 0.15) is 5.65 Å². The Morgan fingerprint density at radius 2 is 2.29 bits per heavy atom. The first-order valence-corrected chi connectivity index (χ1v) is 4.84. The zero-order valence-electron chi connectivity index (χ0n) is 8.04. The van der Waals surface area contributed by atoms with Crippen LogP contribution in [0.3, 0.4) is 0 Å². The fourth-order valence-electron chi connectivity index (χ4n) is 1.29. The van der Waals surface area contributed by atoms with Crippen LogP contribution in [0, 0.1) is 0 Å². The van der Waals surface area contributed by atoms with Gasteiger partial charge in [0.25, 0.3) is 0 Å². The first-order chi connectivity index (χ1) is 6.68. The molecule has 74 valence electrons. The lowest BCUT2D eigenvalue weighted by molar-refractivity contribution is 0.242. The van der Waals surface area contributed by atoms with Crippen LogP contribution in [0.5, 0.6) is 5.75 Å². The van der Waals surface area contributed by atoms with Crippen molar-refractivity contribution >= 4 is 22.6 Å². The number of hydrogen-bond donors (Lipinski definition) is 1. The first kappa shape index (κ1) is 9.34. The Balaban J connectivity index is 2.51. The molecule has 3 nitrogen and oxygen atoms in total. The largest absolute Gasteiger partial charge is 0.488 e. The van der Waals surface area contributed by atoms with Crippen molar-refractivity contribution in [3.63, 3.8) is 0 Å². The van der Waals surface area contributed by atoms with Crippen LogP contribution < -0.4 is 4.74 Å². The molecule has 0 unspecified atom stereocenters. The topological polar surface area (TPSA) is 37.9 Å². The molecule has 2 aromatic rings. The van der Waals surface area contributed by atoms with Crippen LogP contribution >= 0.6 is 11.6 Å². The zero-order valence-corrected chi connectivity index (χ0v) is 8.80. The lowest BCUT2D eigenvalue weighted by Crippen LogP contribution is -2.06. The second kappa shape index (κ2) is 3.50. The molecular formula is C10H11ClN2O. The number of nitrogens with one attached hydrogen (secondary N) is 1. The summed E-state index contributed by atoms with van der Waals surface area (Å²) in [4.78, 5) is 7.18. The summed E-state index contributed by atoms with van der Waals surface area (Å²) in [5.74, 6) is 0.633. The van der Waals surface area contributed by atoms with Crippen molar-refractivity contribution in [2.75, 3.05) is 0 Å². The number of rotatable bonds is 2.